The van der Waals surface area contributed by atoms with E-state index in [1.165, 1.54) is 0 Å². The van der Waals surface area contributed by atoms with Gasteiger partial charge in [-0.1, -0.05) is 0 Å². The quantitative estimate of drug-likeness (QED) is 0.503. The van der Waals surface area contributed by atoms with Crippen molar-refractivity contribution >= 4 is 9.58 Å². The van der Waals surface area contributed by atoms with Gasteiger partial charge in [0.2, 0.25) is 0 Å². The van der Waals surface area contributed by atoms with Gasteiger partial charge in [-0.3, -0.25) is 0 Å². The van der Waals surface area contributed by atoms with E-state index in [0.717, 1.165) is 0 Å². The molecule has 0 unspecified atom stereocenters. The average Bonchev–Trinajstić information content (AvgIpc) is 0.811. The molecule has 0 fully saturated rings. The summed E-state index contributed by atoms with van der Waals surface area (Å²) >= 11 is -3.12. The minimum absolute atomic E-state index is 3.12. The van der Waals surface area contributed by atoms with E-state index in [1.807, 2.05) is 0 Å². The number of hydrogen-bond donors (Lipinski definition) is 1. The van der Waals surface area contributed by atoms with Crippen molar-refractivity contribution in [2.75, 3.05) is 0 Å². The van der Waals surface area contributed by atoms with Crippen LogP contribution < -0.4 is 0 Å². The van der Waals surface area contributed by atoms with Gasteiger partial charge in [-0.05, 0) is 0 Å². The molecule has 0 atom stereocenters. The summed E-state index contributed by atoms with van der Waals surface area (Å²) in [4.78, 5) is 0. The second kappa shape index (κ2) is 1.99. The molecule has 0 aliphatic carbocycles. The topological polar surface area (TPSA) is 37.3 Å². The van der Waals surface area contributed by atoms with Crippen LogP contribution in [0.25, 0.3) is 0 Å². The van der Waals surface area contributed by atoms with Crippen LogP contribution in [0.2, 0.25) is 0 Å². The molecule has 0 bridgehead atoms. The molecule has 0 aromatic rings. The van der Waals surface area contributed by atoms with Crippen molar-refractivity contribution in [3.8, 4) is 0 Å². The molecule has 0 aromatic carbocycles. The molecule has 4 heavy (non-hydrogen) atoms. The monoisotopic (exact) mass is 158 g/mol. The summed E-state index contributed by atoms with van der Waals surface area (Å²) < 4.78 is 16.6. The molecular weight excluding hydrogens is 157 g/mol. The molecule has 0 saturated heterocycles. The van der Waals surface area contributed by atoms with Gasteiger partial charge in [0.15, 0.2) is 0 Å². The summed E-state index contributed by atoms with van der Waals surface area (Å²) in [6.45, 7) is 0. The van der Waals surface area contributed by atoms with Crippen LogP contribution in [0, 0.1) is 0 Å². The predicted molar refractivity (Wildman–Crippen MR) is 10.5 cm³/mol. The van der Waals surface area contributed by atoms with Crippen LogP contribution in [0.15, 0.2) is 0 Å². The summed E-state index contributed by atoms with van der Waals surface area (Å²) in [5, 5.41) is 0. The van der Waals surface area contributed by atoms with E-state index in [2.05, 4.69) is 9.58 Å². The molecule has 0 aromatic heterocycles. The Morgan fingerprint density at radius 1 is 2.00 bits per heavy atom. The van der Waals surface area contributed by atoms with E-state index in [9.17, 15) is 0 Å². The fraction of sp³-hybridized carbons (Fsp3) is 0. The predicted octanol–water partition coefficient (Wildman–Crippen LogP) is -0.0301. The van der Waals surface area contributed by atoms with E-state index in [-0.39, 0.29) is 0 Å². The minimum atomic E-state index is -3.12. The van der Waals surface area contributed by atoms with Gasteiger partial charge < -0.3 is 0 Å². The zero-order chi connectivity index (χ0) is 3.58. The summed E-state index contributed by atoms with van der Waals surface area (Å²) in [6, 6.07) is 0. The molecule has 0 aliphatic rings. The molecule has 4 heteroatoms. The maximum absolute atomic E-state index is 9.08. The first-order valence-electron chi connectivity index (χ1n) is 0.565. The van der Waals surface area contributed by atoms with Crippen LogP contribution in [0.4, 0.5) is 0 Å². The van der Waals surface area contributed by atoms with Crippen LogP contribution in [-0.4, -0.2) is 3.61 Å². The average molecular weight is 158 g/mol. The van der Waals surface area contributed by atoms with Crippen molar-refractivity contribution in [2.45, 2.75) is 0 Å². The fourth-order valence-corrected chi connectivity index (χ4v) is 0. The van der Waals surface area contributed by atoms with Crippen molar-refractivity contribution in [2.24, 2.45) is 0 Å². The van der Waals surface area contributed by atoms with Crippen LogP contribution >= 0.6 is 9.58 Å². The Labute approximate surface area is 33.7 Å². The van der Waals surface area contributed by atoms with Gasteiger partial charge >= 0.3 is 33.4 Å². The Kier molecular flexibility index (Phi) is 2.35. The Balaban J connectivity index is 3.51. The third kappa shape index (κ3) is 15.5. The molecule has 1 N–H and O–H groups in total. The van der Waals surface area contributed by atoms with Crippen LogP contribution in [0.5, 0.6) is 0 Å². The van der Waals surface area contributed by atoms with E-state index in [1.54, 1.807) is 0 Å². The standard InChI is InChI=1S/Nb.H2O.O.S/h;1H2;;/q+1;;;/p-1. The number of rotatable bonds is 0. The zero-order valence-corrected chi connectivity index (χ0v) is 4.73. The molecule has 0 saturated carbocycles. The summed E-state index contributed by atoms with van der Waals surface area (Å²) in [7, 11) is 3.80. The Bertz CT molecular complexity index is 54.4. The third-order valence-corrected chi connectivity index (χ3v) is 0. The summed E-state index contributed by atoms with van der Waals surface area (Å²) in [5.41, 5.74) is 0. The van der Waals surface area contributed by atoms with Gasteiger partial charge in [-0.25, -0.2) is 0 Å². The molecule has 0 heterocycles. The van der Waals surface area contributed by atoms with Gasteiger partial charge in [-0.15, -0.1) is 0 Å². The maximum atomic E-state index is 9.08. The van der Waals surface area contributed by atoms with Gasteiger partial charge in [0.1, 0.15) is 0 Å². The Morgan fingerprint density at radius 3 is 2.00 bits per heavy atom. The molecule has 0 radical (unpaired) electrons. The van der Waals surface area contributed by atoms with Crippen molar-refractivity contribution < 1.29 is 23.8 Å². The summed E-state index contributed by atoms with van der Waals surface area (Å²) in [5.74, 6) is 0. The first-order chi connectivity index (χ1) is 1.73. The second-order valence-corrected chi connectivity index (χ2v) is 3.26. The zero-order valence-electron chi connectivity index (χ0n) is 1.71. The molecule has 24 valence electrons. The second-order valence-electron chi connectivity index (χ2n) is 0.238. The molecule has 0 aliphatic heterocycles. The van der Waals surface area contributed by atoms with Crippen LogP contribution in [0.1, 0.15) is 0 Å². The van der Waals surface area contributed by atoms with Gasteiger partial charge in [0.05, 0.1) is 0 Å². The van der Waals surface area contributed by atoms with Gasteiger partial charge in [-0.2, -0.15) is 0 Å². The third-order valence-electron chi connectivity index (χ3n) is 0. The summed E-state index contributed by atoms with van der Waals surface area (Å²) in [6.07, 6.45) is 0. The molecular formula is HNbO2S. The normalized spacial score (nSPS) is 6.25. The number of hydrogen-bond acceptors (Lipinski definition) is 2. The first-order valence-corrected chi connectivity index (χ1v) is 5.50. The SMILES string of the molecule is [O]=[Nb]([OH])=[S]. The van der Waals surface area contributed by atoms with Crippen molar-refractivity contribution in [1.82, 2.24) is 0 Å². The fourth-order valence-electron chi connectivity index (χ4n) is 0. The van der Waals surface area contributed by atoms with Gasteiger partial charge in [0.25, 0.3) is 0 Å². The molecule has 2 nitrogen and oxygen atoms in total. The van der Waals surface area contributed by atoms with Crippen molar-refractivity contribution in [3.63, 3.8) is 0 Å². The Morgan fingerprint density at radius 2 is 2.00 bits per heavy atom. The molecule has 0 amide bonds. The van der Waals surface area contributed by atoms with Crippen LogP contribution in [0.3, 0.4) is 0 Å². The van der Waals surface area contributed by atoms with Crippen molar-refractivity contribution in [1.29, 1.82) is 0 Å². The Hall–Kier alpha value is 0.720. The first kappa shape index (κ1) is 4.72. The molecule has 0 rings (SSSR count). The van der Waals surface area contributed by atoms with E-state index >= 15 is 0 Å². The van der Waals surface area contributed by atoms with Crippen molar-refractivity contribution in [3.05, 3.63) is 0 Å². The molecule has 0 spiro atoms. The van der Waals surface area contributed by atoms with Crippen LogP contribution in [-0.2, 0) is 20.2 Å². The van der Waals surface area contributed by atoms with E-state index in [4.69, 9.17) is 6.86 Å². The van der Waals surface area contributed by atoms with E-state index < -0.39 is 16.9 Å². The van der Waals surface area contributed by atoms with Gasteiger partial charge in [0, 0.05) is 0 Å². The van der Waals surface area contributed by atoms with E-state index in [0.29, 0.717) is 0 Å².